The van der Waals surface area contributed by atoms with E-state index < -0.39 is 0 Å². The molecule has 0 unspecified atom stereocenters. The second-order valence-corrected chi connectivity index (χ2v) is 10.1. The summed E-state index contributed by atoms with van der Waals surface area (Å²) >= 11 is 2.73. The number of rotatable bonds is 7. The zero-order chi connectivity index (χ0) is 22.7. The number of nitrogens with one attached hydrogen (secondary N) is 1. The molecule has 0 aliphatic carbocycles. The van der Waals surface area contributed by atoms with Crippen LogP contribution in [0.3, 0.4) is 0 Å². The summed E-state index contributed by atoms with van der Waals surface area (Å²) in [5, 5.41) is 4.41. The number of nitrogens with zero attached hydrogens (tertiary/aromatic N) is 4. The van der Waals surface area contributed by atoms with Crippen LogP contribution in [-0.2, 0) is 11.3 Å². The van der Waals surface area contributed by atoms with Crippen molar-refractivity contribution in [3.63, 3.8) is 0 Å². The molecule has 2 aromatic heterocycles. The van der Waals surface area contributed by atoms with E-state index in [-0.39, 0.29) is 17.2 Å². The van der Waals surface area contributed by atoms with Gasteiger partial charge in [-0.1, -0.05) is 42.2 Å². The van der Waals surface area contributed by atoms with E-state index in [4.69, 9.17) is 4.98 Å². The molecule has 7 nitrogen and oxygen atoms in total. The molecule has 1 aromatic carbocycles. The fourth-order valence-corrected chi connectivity index (χ4v) is 5.63. The van der Waals surface area contributed by atoms with E-state index in [9.17, 15) is 9.59 Å². The molecule has 0 saturated carbocycles. The first-order chi connectivity index (χ1) is 15.5. The first-order valence-electron chi connectivity index (χ1n) is 11.1. The highest BCUT2D eigenvalue weighted by molar-refractivity contribution is 7.99. The summed E-state index contributed by atoms with van der Waals surface area (Å²) in [4.78, 5) is 37.5. The average Bonchev–Trinajstić information content (AvgIpc) is 3.22. The van der Waals surface area contributed by atoms with Gasteiger partial charge in [0.2, 0.25) is 5.91 Å². The summed E-state index contributed by atoms with van der Waals surface area (Å²) in [7, 11) is 0. The maximum Gasteiger partial charge on any atom is 0.273 e. The number of aryl methyl sites for hydroxylation is 2. The summed E-state index contributed by atoms with van der Waals surface area (Å²) < 4.78 is 2.29. The standard InChI is InChI=1S/C23H29N5O2S2/c1-4-10-28-21(30)19-20(25-22(32-19)27-11-6-5-7-12-27)26-23(28)31-14-18(29)24-17-13-15(2)8-9-16(17)3/h8-9,13H,4-7,10-12,14H2,1-3H3,(H,24,29). The molecule has 170 valence electrons. The number of anilines is 2. The second kappa shape index (κ2) is 10.0. The fraction of sp³-hybridized carbons (Fsp3) is 0.478. The van der Waals surface area contributed by atoms with Crippen molar-refractivity contribution < 1.29 is 4.79 Å². The number of thioether (sulfide) groups is 1. The Kier molecular flexibility index (Phi) is 7.15. The number of thiazole rings is 1. The Morgan fingerprint density at radius 2 is 1.97 bits per heavy atom. The predicted molar refractivity (Wildman–Crippen MR) is 133 cm³/mol. The molecular weight excluding hydrogens is 442 g/mol. The summed E-state index contributed by atoms with van der Waals surface area (Å²) in [6.45, 7) is 8.52. The fourth-order valence-electron chi connectivity index (χ4n) is 3.81. The van der Waals surface area contributed by atoms with E-state index in [0.717, 1.165) is 54.3 Å². The Balaban J connectivity index is 1.56. The molecule has 1 N–H and O–H groups in total. The lowest BCUT2D eigenvalue weighted by molar-refractivity contribution is -0.113. The molecule has 0 atom stereocenters. The van der Waals surface area contributed by atoms with Crippen molar-refractivity contribution in [2.75, 3.05) is 29.1 Å². The monoisotopic (exact) mass is 471 g/mol. The van der Waals surface area contributed by atoms with Gasteiger partial charge in [-0.15, -0.1) is 0 Å². The molecule has 1 fully saturated rings. The highest BCUT2D eigenvalue weighted by atomic mass is 32.2. The Hall–Kier alpha value is -2.39. The van der Waals surface area contributed by atoms with Crippen molar-refractivity contribution in [2.45, 2.75) is 58.2 Å². The normalized spacial score (nSPS) is 14.2. The van der Waals surface area contributed by atoms with Crippen LogP contribution in [-0.4, -0.2) is 39.3 Å². The van der Waals surface area contributed by atoms with E-state index in [1.54, 1.807) is 4.57 Å². The van der Waals surface area contributed by atoms with Gasteiger partial charge in [0.1, 0.15) is 4.70 Å². The van der Waals surface area contributed by atoms with Crippen molar-refractivity contribution >= 4 is 50.2 Å². The van der Waals surface area contributed by atoms with Gasteiger partial charge < -0.3 is 10.2 Å². The van der Waals surface area contributed by atoms with Gasteiger partial charge in [-0.05, 0) is 56.7 Å². The van der Waals surface area contributed by atoms with E-state index in [1.807, 2.05) is 39.0 Å². The largest absolute Gasteiger partial charge is 0.348 e. The van der Waals surface area contributed by atoms with Gasteiger partial charge in [0.25, 0.3) is 5.56 Å². The lowest BCUT2D eigenvalue weighted by Gasteiger charge is -2.25. The van der Waals surface area contributed by atoms with Crippen LogP contribution in [0.25, 0.3) is 10.3 Å². The van der Waals surface area contributed by atoms with Crippen LogP contribution in [0.1, 0.15) is 43.7 Å². The van der Waals surface area contributed by atoms with E-state index in [1.165, 1.54) is 29.5 Å². The molecule has 1 aliphatic rings. The van der Waals surface area contributed by atoms with Crippen molar-refractivity contribution in [3.8, 4) is 0 Å². The molecule has 4 rings (SSSR count). The first-order valence-corrected chi connectivity index (χ1v) is 12.9. The van der Waals surface area contributed by atoms with Gasteiger partial charge in [-0.2, -0.15) is 4.98 Å². The average molecular weight is 472 g/mol. The van der Waals surface area contributed by atoms with Crippen LogP contribution >= 0.6 is 23.1 Å². The Morgan fingerprint density at radius 3 is 2.72 bits per heavy atom. The number of carbonyl (C=O) groups excluding carboxylic acids is 1. The van der Waals surface area contributed by atoms with Crippen molar-refractivity contribution in [1.29, 1.82) is 0 Å². The number of fused-ring (bicyclic) bond motifs is 1. The van der Waals surface area contributed by atoms with Crippen molar-refractivity contribution in [1.82, 2.24) is 14.5 Å². The minimum absolute atomic E-state index is 0.0601. The van der Waals surface area contributed by atoms with Crippen LogP contribution < -0.4 is 15.8 Å². The molecular formula is C23H29N5O2S2. The molecule has 1 amide bonds. The smallest absolute Gasteiger partial charge is 0.273 e. The minimum atomic E-state index is -0.117. The maximum absolute atomic E-state index is 13.2. The molecule has 3 aromatic rings. The highest BCUT2D eigenvalue weighted by Gasteiger charge is 2.20. The number of hydrogen-bond acceptors (Lipinski definition) is 7. The Morgan fingerprint density at radius 1 is 1.19 bits per heavy atom. The summed E-state index contributed by atoms with van der Waals surface area (Å²) in [5.74, 6) is 0.0615. The number of hydrogen-bond donors (Lipinski definition) is 1. The summed E-state index contributed by atoms with van der Waals surface area (Å²) in [6, 6.07) is 5.98. The van der Waals surface area contributed by atoms with E-state index in [2.05, 4.69) is 15.2 Å². The van der Waals surface area contributed by atoms with Crippen LogP contribution in [0.5, 0.6) is 0 Å². The third-order valence-electron chi connectivity index (χ3n) is 5.54. The van der Waals surface area contributed by atoms with Gasteiger partial charge in [0.05, 0.1) is 5.75 Å². The Bertz CT molecular complexity index is 1180. The first kappa shape index (κ1) is 22.8. The third-order valence-corrected chi connectivity index (χ3v) is 7.61. The van der Waals surface area contributed by atoms with Gasteiger partial charge in [0, 0.05) is 25.3 Å². The molecule has 1 saturated heterocycles. The number of carbonyl (C=O) groups is 1. The quantitative estimate of drug-likeness (QED) is 0.401. The second-order valence-electron chi connectivity index (χ2n) is 8.20. The van der Waals surface area contributed by atoms with Gasteiger partial charge in [0.15, 0.2) is 15.9 Å². The minimum Gasteiger partial charge on any atom is -0.348 e. The number of amides is 1. The number of benzene rings is 1. The molecule has 0 bridgehead atoms. The van der Waals surface area contributed by atoms with Crippen LogP contribution in [0.2, 0.25) is 0 Å². The molecule has 3 heterocycles. The van der Waals surface area contributed by atoms with E-state index >= 15 is 0 Å². The SMILES string of the molecule is CCCn1c(SCC(=O)Nc2cc(C)ccc2C)nc2nc(N3CCCCC3)sc2c1=O. The summed E-state index contributed by atoms with van der Waals surface area (Å²) in [5.41, 5.74) is 3.36. The number of aromatic nitrogens is 3. The molecule has 32 heavy (non-hydrogen) atoms. The Labute approximate surface area is 196 Å². The van der Waals surface area contributed by atoms with Crippen LogP contribution in [0, 0.1) is 13.8 Å². The van der Waals surface area contributed by atoms with Gasteiger partial charge in [-0.3, -0.25) is 14.2 Å². The predicted octanol–water partition coefficient (Wildman–Crippen LogP) is 4.60. The zero-order valence-electron chi connectivity index (χ0n) is 18.8. The van der Waals surface area contributed by atoms with Gasteiger partial charge >= 0.3 is 0 Å². The third kappa shape index (κ3) is 4.99. The van der Waals surface area contributed by atoms with Gasteiger partial charge in [-0.25, -0.2) is 4.98 Å². The highest BCUT2D eigenvalue weighted by Crippen LogP contribution is 2.29. The van der Waals surface area contributed by atoms with Crippen molar-refractivity contribution in [3.05, 3.63) is 39.7 Å². The maximum atomic E-state index is 13.2. The molecule has 0 spiro atoms. The lowest BCUT2D eigenvalue weighted by Crippen LogP contribution is -2.29. The summed E-state index contributed by atoms with van der Waals surface area (Å²) in [6.07, 6.45) is 4.36. The molecule has 1 aliphatic heterocycles. The molecule has 9 heteroatoms. The van der Waals surface area contributed by atoms with Crippen LogP contribution in [0.4, 0.5) is 10.8 Å². The van der Waals surface area contributed by atoms with E-state index in [0.29, 0.717) is 22.0 Å². The number of piperidine rings is 1. The lowest BCUT2D eigenvalue weighted by atomic mass is 10.1. The van der Waals surface area contributed by atoms with Crippen LogP contribution in [0.15, 0.2) is 28.2 Å². The zero-order valence-corrected chi connectivity index (χ0v) is 20.4. The van der Waals surface area contributed by atoms with Crippen molar-refractivity contribution in [2.24, 2.45) is 0 Å². The molecule has 0 radical (unpaired) electrons. The topological polar surface area (TPSA) is 80.1 Å².